The van der Waals surface area contributed by atoms with Gasteiger partial charge in [0.05, 0.1) is 10.6 Å². The van der Waals surface area contributed by atoms with Crippen molar-refractivity contribution in [2.75, 3.05) is 17.1 Å². The fourth-order valence-electron chi connectivity index (χ4n) is 1.77. The smallest absolute Gasteiger partial charge is 0.261 e. The SMILES string of the molecule is Nc1cc(S(=O)(=O)Nc2ccc(CCO)cc2)ccc1F. The molecule has 21 heavy (non-hydrogen) atoms. The van der Waals surface area contributed by atoms with Gasteiger partial charge in [-0.3, -0.25) is 4.72 Å². The topological polar surface area (TPSA) is 92.4 Å². The molecule has 0 aromatic heterocycles. The van der Waals surface area contributed by atoms with Crippen LogP contribution in [0.2, 0.25) is 0 Å². The summed E-state index contributed by atoms with van der Waals surface area (Å²) in [6.07, 6.45) is 0.502. The van der Waals surface area contributed by atoms with Gasteiger partial charge in [-0.15, -0.1) is 0 Å². The molecule has 0 radical (unpaired) electrons. The second-order valence-electron chi connectivity index (χ2n) is 4.46. The largest absolute Gasteiger partial charge is 0.396 e. The molecule has 112 valence electrons. The Kier molecular flexibility index (Phi) is 4.44. The van der Waals surface area contributed by atoms with Gasteiger partial charge < -0.3 is 10.8 Å². The summed E-state index contributed by atoms with van der Waals surface area (Å²) >= 11 is 0. The van der Waals surface area contributed by atoms with E-state index in [0.29, 0.717) is 12.1 Å². The van der Waals surface area contributed by atoms with E-state index in [9.17, 15) is 12.8 Å². The molecule has 0 aliphatic rings. The van der Waals surface area contributed by atoms with Crippen LogP contribution in [-0.2, 0) is 16.4 Å². The molecular weight excluding hydrogens is 295 g/mol. The van der Waals surface area contributed by atoms with Gasteiger partial charge in [-0.05, 0) is 42.3 Å². The molecule has 0 aliphatic heterocycles. The molecule has 0 heterocycles. The summed E-state index contributed by atoms with van der Waals surface area (Å²) in [5, 5.41) is 8.82. The molecule has 0 bridgehead atoms. The zero-order valence-electron chi connectivity index (χ0n) is 11.1. The van der Waals surface area contributed by atoms with Gasteiger partial charge in [-0.2, -0.15) is 0 Å². The maximum Gasteiger partial charge on any atom is 0.261 e. The van der Waals surface area contributed by atoms with Crippen molar-refractivity contribution in [3.8, 4) is 0 Å². The Hall–Kier alpha value is -2.12. The van der Waals surface area contributed by atoms with Crippen LogP contribution < -0.4 is 10.5 Å². The minimum atomic E-state index is -3.82. The van der Waals surface area contributed by atoms with Gasteiger partial charge in [-0.25, -0.2) is 12.8 Å². The van der Waals surface area contributed by atoms with E-state index >= 15 is 0 Å². The van der Waals surface area contributed by atoms with Gasteiger partial charge in [0.25, 0.3) is 10.0 Å². The van der Waals surface area contributed by atoms with E-state index in [4.69, 9.17) is 10.8 Å². The standard InChI is InChI=1S/C14H15FN2O3S/c15-13-6-5-12(9-14(13)16)21(19,20)17-11-3-1-10(2-4-11)7-8-18/h1-6,9,17-18H,7-8,16H2. The number of benzene rings is 2. The summed E-state index contributed by atoms with van der Waals surface area (Å²) in [6.45, 7) is 0.0277. The Morgan fingerprint density at radius 1 is 1.14 bits per heavy atom. The van der Waals surface area contributed by atoms with Crippen molar-refractivity contribution in [2.24, 2.45) is 0 Å². The van der Waals surface area contributed by atoms with E-state index < -0.39 is 15.8 Å². The van der Waals surface area contributed by atoms with Gasteiger partial charge in [0.2, 0.25) is 0 Å². The number of aliphatic hydroxyl groups excluding tert-OH is 1. The van der Waals surface area contributed by atoms with Crippen molar-refractivity contribution < 1.29 is 17.9 Å². The highest BCUT2D eigenvalue weighted by Gasteiger charge is 2.15. The molecule has 0 fully saturated rings. The van der Waals surface area contributed by atoms with Crippen LogP contribution in [0.15, 0.2) is 47.4 Å². The Labute approximate surface area is 122 Å². The molecule has 0 atom stereocenters. The molecular formula is C14H15FN2O3S. The van der Waals surface area contributed by atoms with Crippen molar-refractivity contribution in [3.63, 3.8) is 0 Å². The second kappa shape index (κ2) is 6.11. The number of anilines is 2. The third kappa shape index (κ3) is 3.71. The average Bonchev–Trinajstić information content (AvgIpc) is 2.44. The molecule has 0 spiro atoms. The number of rotatable bonds is 5. The summed E-state index contributed by atoms with van der Waals surface area (Å²) in [5.41, 5.74) is 6.42. The molecule has 5 nitrogen and oxygen atoms in total. The van der Waals surface area contributed by atoms with E-state index in [1.165, 1.54) is 0 Å². The lowest BCUT2D eigenvalue weighted by molar-refractivity contribution is 0.299. The number of hydrogen-bond acceptors (Lipinski definition) is 4. The Morgan fingerprint density at radius 2 is 1.81 bits per heavy atom. The first kappa shape index (κ1) is 15.3. The molecule has 0 unspecified atom stereocenters. The Balaban J connectivity index is 2.22. The Bertz CT molecular complexity index is 730. The van der Waals surface area contributed by atoms with E-state index in [1.54, 1.807) is 24.3 Å². The number of aliphatic hydroxyl groups is 1. The zero-order chi connectivity index (χ0) is 15.5. The second-order valence-corrected chi connectivity index (χ2v) is 6.14. The van der Waals surface area contributed by atoms with Crippen molar-refractivity contribution in [1.82, 2.24) is 0 Å². The van der Waals surface area contributed by atoms with Crippen LogP contribution in [0.1, 0.15) is 5.56 Å². The lowest BCUT2D eigenvalue weighted by atomic mass is 10.1. The predicted molar refractivity (Wildman–Crippen MR) is 78.9 cm³/mol. The maximum atomic E-state index is 13.1. The summed E-state index contributed by atoms with van der Waals surface area (Å²) in [6, 6.07) is 9.84. The lowest BCUT2D eigenvalue weighted by Crippen LogP contribution is -2.13. The summed E-state index contributed by atoms with van der Waals surface area (Å²) in [7, 11) is -3.82. The van der Waals surface area contributed by atoms with Crippen LogP contribution in [0.25, 0.3) is 0 Å². The molecule has 2 rings (SSSR count). The molecule has 0 saturated carbocycles. The molecule has 7 heteroatoms. The third-order valence-electron chi connectivity index (χ3n) is 2.88. The number of nitrogens with two attached hydrogens (primary N) is 1. The normalized spacial score (nSPS) is 11.3. The van der Waals surface area contributed by atoms with Crippen LogP contribution in [-0.4, -0.2) is 20.1 Å². The van der Waals surface area contributed by atoms with Crippen LogP contribution in [0, 0.1) is 5.82 Å². The van der Waals surface area contributed by atoms with Gasteiger partial charge in [0.1, 0.15) is 5.82 Å². The minimum Gasteiger partial charge on any atom is -0.396 e. The van der Waals surface area contributed by atoms with E-state index in [0.717, 1.165) is 23.8 Å². The monoisotopic (exact) mass is 310 g/mol. The van der Waals surface area contributed by atoms with Crippen LogP contribution in [0.5, 0.6) is 0 Å². The molecule has 0 saturated heterocycles. The van der Waals surface area contributed by atoms with Crippen LogP contribution in [0.4, 0.5) is 15.8 Å². The fourth-order valence-corrected chi connectivity index (χ4v) is 2.87. The summed E-state index contributed by atoms with van der Waals surface area (Å²) in [5.74, 6) is -0.665. The van der Waals surface area contributed by atoms with Gasteiger partial charge in [0.15, 0.2) is 0 Å². The van der Waals surface area contributed by atoms with Gasteiger partial charge in [-0.1, -0.05) is 12.1 Å². The van der Waals surface area contributed by atoms with Crippen molar-refractivity contribution in [2.45, 2.75) is 11.3 Å². The predicted octanol–water partition coefficient (Wildman–Crippen LogP) is 1.74. The Morgan fingerprint density at radius 3 is 2.38 bits per heavy atom. The van der Waals surface area contributed by atoms with Crippen molar-refractivity contribution >= 4 is 21.4 Å². The first-order valence-corrected chi connectivity index (χ1v) is 7.68. The number of hydrogen-bond donors (Lipinski definition) is 3. The van der Waals surface area contributed by atoms with Crippen LogP contribution >= 0.6 is 0 Å². The highest BCUT2D eigenvalue weighted by Crippen LogP contribution is 2.20. The van der Waals surface area contributed by atoms with Crippen molar-refractivity contribution in [1.29, 1.82) is 0 Å². The highest BCUT2D eigenvalue weighted by atomic mass is 32.2. The number of halogens is 1. The summed E-state index contributed by atoms with van der Waals surface area (Å²) in [4.78, 5) is -0.110. The van der Waals surface area contributed by atoms with Crippen molar-refractivity contribution in [3.05, 3.63) is 53.8 Å². The number of nitrogen functional groups attached to an aromatic ring is 1. The van der Waals surface area contributed by atoms with Gasteiger partial charge in [0, 0.05) is 12.3 Å². The highest BCUT2D eigenvalue weighted by molar-refractivity contribution is 7.92. The molecule has 2 aromatic carbocycles. The average molecular weight is 310 g/mol. The summed E-state index contributed by atoms with van der Waals surface area (Å²) < 4.78 is 39.7. The van der Waals surface area contributed by atoms with Gasteiger partial charge >= 0.3 is 0 Å². The quantitative estimate of drug-likeness (QED) is 0.734. The molecule has 4 N–H and O–H groups in total. The molecule has 0 aliphatic carbocycles. The third-order valence-corrected chi connectivity index (χ3v) is 4.26. The number of sulfonamides is 1. The first-order valence-electron chi connectivity index (χ1n) is 6.20. The minimum absolute atomic E-state index is 0.0277. The molecule has 2 aromatic rings. The maximum absolute atomic E-state index is 13.1. The van der Waals surface area contributed by atoms with E-state index in [2.05, 4.69) is 4.72 Å². The zero-order valence-corrected chi connectivity index (χ0v) is 11.9. The first-order chi connectivity index (χ1) is 9.92. The van der Waals surface area contributed by atoms with Crippen LogP contribution in [0.3, 0.4) is 0 Å². The van der Waals surface area contributed by atoms with E-state index in [-0.39, 0.29) is 17.2 Å². The molecule has 0 amide bonds. The van der Waals surface area contributed by atoms with E-state index in [1.807, 2.05) is 0 Å². The number of nitrogens with one attached hydrogen (secondary N) is 1. The fraction of sp³-hybridized carbons (Fsp3) is 0.143. The lowest BCUT2D eigenvalue weighted by Gasteiger charge is -2.09.